The first-order chi connectivity index (χ1) is 12.5. The molecule has 6 nitrogen and oxygen atoms in total. The Balaban J connectivity index is 1.55. The molecule has 1 amide bonds. The zero-order valence-electron chi connectivity index (χ0n) is 14.6. The van der Waals surface area contributed by atoms with Crippen LogP contribution < -0.4 is 10.6 Å². The Hall–Kier alpha value is -2.35. The van der Waals surface area contributed by atoms with E-state index in [1.165, 1.54) is 6.07 Å². The van der Waals surface area contributed by atoms with Crippen LogP contribution >= 0.6 is 0 Å². The molecule has 2 aromatic rings. The number of nitrogens with zero attached hydrogens (tertiary/aromatic N) is 2. The Kier molecular flexibility index (Phi) is 5.92. The second-order valence-electron chi connectivity index (χ2n) is 6.54. The number of aryl methyl sites for hydroxylation is 2. The number of nitrogens with one attached hydrogen (secondary N) is 2. The molecule has 2 heterocycles. The first-order valence-corrected chi connectivity index (χ1v) is 8.77. The van der Waals surface area contributed by atoms with Crippen LogP contribution in [0, 0.1) is 18.6 Å². The lowest BCUT2D eigenvalue weighted by atomic mass is 9.86. The van der Waals surface area contributed by atoms with E-state index < -0.39 is 11.6 Å². The monoisotopic (exact) mass is 364 g/mol. The van der Waals surface area contributed by atoms with Crippen molar-refractivity contribution in [3.05, 3.63) is 47.1 Å². The van der Waals surface area contributed by atoms with Crippen LogP contribution in [-0.2, 0) is 11.2 Å². The van der Waals surface area contributed by atoms with Gasteiger partial charge in [-0.15, -0.1) is 0 Å². The van der Waals surface area contributed by atoms with Gasteiger partial charge in [-0.1, -0.05) is 11.2 Å². The number of amides is 1. The van der Waals surface area contributed by atoms with E-state index in [-0.39, 0.29) is 17.9 Å². The van der Waals surface area contributed by atoms with Crippen molar-refractivity contribution in [2.45, 2.75) is 44.6 Å². The number of rotatable bonds is 6. The molecular formula is C18H22F2N4O2. The summed E-state index contributed by atoms with van der Waals surface area (Å²) in [5.41, 5.74) is 0.706. The third-order valence-electron chi connectivity index (χ3n) is 4.56. The van der Waals surface area contributed by atoms with Gasteiger partial charge in [0.05, 0.1) is 0 Å². The van der Waals surface area contributed by atoms with Crippen molar-refractivity contribution in [1.29, 1.82) is 0 Å². The van der Waals surface area contributed by atoms with Crippen molar-refractivity contribution in [1.82, 2.24) is 20.8 Å². The molecule has 2 unspecified atom stereocenters. The summed E-state index contributed by atoms with van der Waals surface area (Å²) < 4.78 is 31.8. The topological polar surface area (TPSA) is 80.0 Å². The van der Waals surface area contributed by atoms with Gasteiger partial charge in [0, 0.05) is 31.3 Å². The van der Waals surface area contributed by atoms with Crippen molar-refractivity contribution < 1.29 is 18.1 Å². The zero-order valence-corrected chi connectivity index (χ0v) is 14.6. The van der Waals surface area contributed by atoms with Crippen LogP contribution in [0.3, 0.4) is 0 Å². The highest BCUT2D eigenvalue weighted by molar-refractivity contribution is 5.76. The second kappa shape index (κ2) is 8.35. The van der Waals surface area contributed by atoms with Crippen molar-refractivity contribution in [3.63, 3.8) is 0 Å². The Bertz CT molecular complexity index is 765. The van der Waals surface area contributed by atoms with Crippen LogP contribution in [0.25, 0.3) is 0 Å². The third kappa shape index (κ3) is 4.63. The highest BCUT2D eigenvalue weighted by Gasteiger charge is 2.28. The molecule has 0 spiro atoms. The van der Waals surface area contributed by atoms with E-state index in [0.717, 1.165) is 19.0 Å². The standard InChI is InChI=1S/C18H22F2N4O2/c1-11-22-18(26-24-11)4-2-3-17(25)23-16-10-21-8-7-13(16)12-5-6-14(19)15(20)9-12/h5-6,9,13,16,21H,2-4,7-8,10H2,1H3,(H,23,25). The molecule has 0 saturated carbocycles. The minimum absolute atomic E-state index is 0.0473. The van der Waals surface area contributed by atoms with Crippen LogP contribution in [0.5, 0.6) is 0 Å². The minimum atomic E-state index is -0.862. The van der Waals surface area contributed by atoms with E-state index in [4.69, 9.17) is 4.52 Å². The first kappa shape index (κ1) is 18.4. The lowest BCUT2D eigenvalue weighted by Crippen LogP contribution is -2.50. The molecule has 2 N–H and O–H groups in total. The average molecular weight is 364 g/mol. The van der Waals surface area contributed by atoms with Gasteiger partial charge >= 0.3 is 0 Å². The van der Waals surface area contributed by atoms with Gasteiger partial charge in [0.15, 0.2) is 17.5 Å². The lowest BCUT2D eigenvalue weighted by Gasteiger charge is -2.33. The van der Waals surface area contributed by atoms with Gasteiger partial charge in [0.25, 0.3) is 0 Å². The van der Waals surface area contributed by atoms with Gasteiger partial charge in [-0.3, -0.25) is 4.79 Å². The summed E-state index contributed by atoms with van der Waals surface area (Å²) in [6, 6.07) is 3.79. The predicted molar refractivity (Wildman–Crippen MR) is 90.5 cm³/mol. The van der Waals surface area contributed by atoms with Gasteiger partial charge in [-0.2, -0.15) is 4.98 Å². The van der Waals surface area contributed by atoms with Crippen LogP contribution in [0.1, 0.15) is 42.5 Å². The normalized spacial score (nSPS) is 20.1. The molecule has 1 saturated heterocycles. The van der Waals surface area contributed by atoms with Crippen LogP contribution in [0.15, 0.2) is 22.7 Å². The summed E-state index contributed by atoms with van der Waals surface area (Å²) in [5, 5.41) is 9.96. The SMILES string of the molecule is Cc1noc(CCCC(=O)NC2CNCCC2c2ccc(F)c(F)c2)n1. The number of piperidine rings is 1. The van der Waals surface area contributed by atoms with Crippen molar-refractivity contribution in [2.24, 2.45) is 0 Å². The summed E-state index contributed by atoms with van der Waals surface area (Å²) in [7, 11) is 0. The molecule has 0 radical (unpaired) electrons. The number of aromatic nitrogens is 2. The van der Waals surface area contributed by atoms with E-state index in [1.54, 1.807) is 13.0 Å². The fraction of sp³-hybridized carbons (Fsp3) is 0.500. The van der Waals surface area contributed by atoms with Crippen molar-refractivity contribution in [3.8, 4) is 0 Å². The molecule has 1 aliphatic heterocycles. The van der Waals surface area contributed by atoms with E-state index in [2.05, 4.69) is 20.8 Å². The molecule has 8 heteroatoms. The van der Waals surface area contributed by atoms with E-state index in [9.17, 15) is 13.6 Å². The molecule has 1 aliphatic rings. The highest BCUT2D eigenvalue weighted by atomic mass is 19.2. The zero-order chi connectivity index (χ0) is 18.5. The van der Waals surface area contributed by atoms with Gasteiger partial charge in [0.2, 0.25) is 11.8 Å². The average Bonchev–Trinajstić information content (AvgIpc) is 3.03. The van der Waals surface area contributed by atoms with E-state index in [1.807, 2.05) is 0 Å². The number of carbonyl (C=O) groups excluding carboxylic acids is 1. The molecule has 0 bridgehead atoms. The fourth-order valence-electron chi connectivity index (χ4n) is 3.27. The molecule has 2 atom stereocenters. The quantitative estimate of drug-likeness (QED) is 0.822. The molecule has 1 aromatic carbocycles. The number of halogens is 2. The Morgan fingerprint density at radius 3 is 2.96 bits per heavy atom. The lowest BCUT2D eigenvalue weighted by molar-refractivity contribution is -0.122. The maximum absolute atomic E-state index is 13.6. The van der Waals surface area contributed by atoms with Crippen molar-refractivity contribution in [2.75, 3.05) is 13.1 Å². The maximum Gasteiger partial charge on any atom is 0.226 e. The molecule has 140 valence electrons. The van der Waals surface area contributed by atoms with E-state index >= 15 is 0 Å². The van der Waals surface area contributed by atoms with Crippen molar-refractivity contribution >= 4 is 5.91 Å². The van der Waals surface area contributed by atoms with Gasteiger partial charge in [-0.25, -0.2) is 8.78 Å². The van der Waals surface area contributed by atoms with Crippen LogP contribution in [0.2, 0.25) is 0 Å². The number of hydrogen-bond donors (Lipinski definition) is 2. The Morgan fingerprint density at radius 1 is 1.38 bits per heavy atom. The Labute approximate surface area is 150 Å². The van der Waals surface area contributed by atoms with Crippen LogP contribution in [0.4, 0.5) is 8.78 Å². The summed E-state index contributed by atoms with van der Waals surface area (Å²) in [4.78, 5) is 16.4. The largest absolute Gasteiger partial charge is 0.351 e. The van der Waals surface area contributed by atoms with Gasteiger partial charge in [0.1, 0.15) is 0 Å². The predicted octanol–water partition coefficient (Wildman–Crippen LogP) is 2.24. The minimum Gasteiger partial charge on any atom is -0.351 e. The highest BCUT2D eigenvalue weighted by Crippen LogP contribution is 2.27. The molecular weight excluding hydrogens is 342 g/mol. The summed E-state index contributed by atoms with van der Waals surface area (Å²) >= 11 is 0. The second-order valence-corrected chi connectivity index (χ2v) is 6.54. The summed E-state index contributed by atoms with van der Waals surface area (Å²) in [5.74, 6) is -0.752. The van der Waals surface area contributed by atoms with E-state index in [0.29, 0.717) is 43.1 Å². The fourth-order valence-corrected chi connectivity index (χ4v) is 3.27. The smallest absolute Gasteiger partial charge is 0.226 e. The number of carbonyl (C=O) groups is 1. The molecule has 1 aromatic heterocycles. The molecule has 1 fully saturated rings. The summed E-state index contributed by atoms with van der Waals surface area (Å²) in [6.07, 6.45) is 2.23. The third-order valence-corrected chi connectivity index (χ3v) is 4.56. The van der Waals surface area contributed by atoms with Gasteiger partial charge < -0.3 is 15.2 Å². The number of hydrogen-bond acceptors (Lipinski definition) is 5. The molecule has 0 aliphatic carbocycles. The first-order valence-electron chi connectivity index (χ1n) is 8.77. The maximum atomic E-state index is 13.6. The summed E-state index contributed by atoms with van der Waals surface area (Å²) in [6.45, 7) is 3.11. The number of benzene rings is 1. The molecule has 26 heavy (non-hydrogen) atoms. The van der Waals surface area contributed by atoms with Crippen LogP contribution in [-0.4, -0.2) is 35.2 Å². The molecule has 3 rings (SSSR count). The van der Waals surface area contributed by atoms with Gasteiger partial charge in [-0.05, 0) is 44.0 Å². The Morgan fingerprint density at radius 2 is 2.23 bits per heavy atom.